The Morgan fingerprint density at radius 3 is 2.69 bits per heavy atom. The number of carbonyl (C=O) groups excluding carboxylic acids is 1. The van der Waals surface area contributed by atoms with E-state index < -0.39 is 4.92 Å². The molecule has 0 aromatic heterocycles. The van der Waals surface area contributed by atoms with Gasteiger partial charge in [-0.25, -0.2) is 0 Å². The van der Waals surface area contributed by atoms with Crippen molar-refractivity contribution in [1.82, 2.24) is 0 Å². The molecule has 0 saturated heterocycles. The predicted octanol–water partition coefficient (Wildman–Crippen LogP) is 2.14. The quantitative estimate of drug-likeness (QED) is 0.370. The van der Waals surface area contributed by atoms with Crippen molar-refractivity contribution in [3.63, 3.8) is 0 Å². The third-order valence-corrected chi connectivity index (χ3v) is 1.89. The number of halogens is 1. The average Bonchev–Trinajstić information content (AvgIpc) is 2.16. The van der Waals surface area contributed by atoms with Crippen LogP contribution in [0.2, 0.25) is 0 Å². The van der Waals surface area contributed by atoms with Gasteiger partial charge in [-0.15, -0.1) is 0 Å². The molecule has 13 heavy (non-hydrogen) atoms. The summed E-state index contributed by atoms with van der Waals surface area (Å²) in [5.74, 6) is 0.321. The summed E-state index contributed by atoms with van der Waals surface area (Å²) in [4.78, 5) is 20.2. The minimum Gasteiger partial charge on any atom is -0.427 e. The number of nitrogens with zero attached hydrogens (tertiary/aromatic N) is 1. The molecular weight excluding hydrogens is 289 g/mol. The van der Waals surface area contributed by atoms with Gasteiger partial charge in [-0.05, 0) is 6.07 Å². The summed E-state index contributed by atoms with van der Waals surface area (Å²) in [7, 11) is 0. The van der Waals surface area contributed by atoms with Crippen LogP contribution in [0.4, 0.5) is 5.69 Å². The van der Waals surface area contributed by atoms with Gasteiger partial charge in [0, 0.05) is 12.1 Å². The summed E-state index contributed by atoms with van der Waals surface area (Å²) < 4.78 is 4.79. The second kappa shape index (κ2) is 4.17. The molecule has 0 amide bonds. The Labute approximate surface area is 87.5 Å². The van der Waals surface area contributed by atoms with Crippen molar-refractivity contribution in [2.45, 2.75) is 0 Å². The Morgan fingerprint density at radius 2 is 2.23 bits per heavy atom. The summed E-state index contributed by atoms with van der Waals surface area (Å²) in [6.07, 6.45) is 0.515. The Kier molecular flexibility index (Phi) is 3.18. The molecule has 0 heterocycles. The van der Waals surface area contributed by atoms with E-state index in [1.165, 1.54) is 18.2 Å². The van der Waals surface area contributed by atoms with Crippen molar-refractivity contribution in [1.29, 1.82) is 0 Å². The maximum absolute atomic E-state index is 10.5. The lowest BCUT2D eigenvalue weighted by molar-refractivity contribution is -0.384. The Balaban J connectivity index is 3.20. The van der Waals surface area contributed by atoms with Gasteiger partial charge in [-0.3, -0.25) is 14.9 Å². The van der Waals surface area contributed by atoms with E-state index >= 15 is 0 Å². The molecule has 6 heteroatoms. The number of aldehydes is 1. The third kappa shape index (κ3) is 2.14. The van der Waals surface area contributed by atoms with Crippen LogP contribution in [0.5, 0.6) is 5.75 Å². The molecule has 0 unspecified atom stereocenters. The van der Waals surface area contributed by atoms with Crippen molar-refractivity contribution in [2.75, 3.05) is 0 Å². The first-order chi connectivity index (χ1) is 6.19. The molecule has 5 nitrogen and oxygen atoms in total. The highest BCUT2D eigenvalue weighted by Gasteiger charge is 2.10. The molecule has 0 bridgehead atoms. The molecule has 0 saturated carbocycles. The lowest BCUT2D eigenvalue weighted by Crippen LogP contribution is -1.91. The van der Waals surface area contributed by atoms with Crippen LogP contribution in [0.25, 0.3) is 0 Å². The van der Waals surface area contributed by atoms with Crippen molar-refractivity contribution < 1.29 is 12.8 Å². The van der Waals surface area contributed by atoms with Gasteiger partial charge in [0.2, 0.25) is 0 Å². The highest BCUT2D eigenvalue weighted by Crippen LogP contribution is 2.23. The largest absolute Gasteiger partial charge is 0.427 e. The fourth-order valence-electron chi connectivity index (χ4n) is 0.812. The van der Waals surface area contributed by atoms with Crippen LogP contribution in [0.15, 0.2) is 18.2 Å². The van der Waals surface area contributed by atoms with Crippen LogP contribution in [-0.2, 0) is 0 Å². The number of carbonyl (C=O) groups is 1. The fourth-order valence-corrected chi connectivity index (χ4v) is 1.21. The SMILES string of the molecule is O=Cc1cc([N+](=O)[O-])ccc1OI. The summed E-state index contributed by atoms with van der Waals surface area (Å²) in [6, 6.07) is 3.83. The zero-order chi connectivity index (χ0) is 9.84. The van der Waals surface area contributed by atoms with Gasteiger partial charge >= 0.3 is 0 Å². The molecular formula is C7H4INO4. The van der Waals surface area contributed by atoms with Gasteiger partial charge in [0.25, 0.3) is 5.69 Å². The first kappa shape index (κ1) is 9.90. The molecule has 0 aliphatic rings. The molecule has 0 aliphatic carbocycles. The number of non-ortho nitro benzene ring substituents is 1. The number of benzene rings is 1. The van der Waals surface area contributed by atoms with E-state index in [1.807, 2.05) is 0 Å². The van der Waals surface area contributed by atoms with E-state index in [4.69, 9.17) is 3.07 Å². The number of nitro benzene ring substituents is 1. The zero-order valence-electron chi connectivity index (χ0n) is 6.27. The van der Waals surface area contributed by atoms with Gasteiger partial charge in [0.15, 0.2) is 29.3 Å². The second-order valence-electron chi connectivity index (χ2n) is 2.17. The monoisotopic (exact) mass is 293 g/mol. The van der Waals surface area contributed by atoms with Crippen LogP contribution in [0.1, 0.15) is 10.4 Å². The first-order valence-corrected chi connectivity index (χ1v) is 4.09. The van der Waals surface area contributed by atoms with E-state index in [2.05, 4.69) is 0 Å². The van der Waals surface area contributed by atoms with Crippen LogP contribution < -0.4 is 3.07 Å². The molecule has 1 aromatic rings. The Hall–Kier alpha value is -1.18. The van der Waals surface area contributed by atoms with Crippen molar-refractivity contribution in [3.8, 4) is 5.75 Å². The molecule has 0 atom stereocenters. The lowest BCUT2D eigenvalue weighted by atomic mass is 10.2. The number of hydrogen-bond acceptors (Lipinski definition) is 4. The van der Waals surface area contributed by atoms with Gasteiger partial charge in [0.1, 0.15) is 5.75 Å². The topological polar surface area (TPSA) is 69.4 Å². The van der Waals surface area contributed by atoms with E-state index in [9.17, 15) is 14.9 Å². The molecule has 0 fully saturated rings. The van der Waals surface area contributed by atoms with E-state index in [0.717, 1.165) is 0 Å². The highest BCUT2D eigenvalue weighted by molar-refractivity contribution is 14.1. The molecule has 1 aromatic carbocycles. The van der Waals surface area contributed by atoms with Crippen LogP contribution in [0, 0.1) is 10.1 Å². The maximum Gasteiger partial charge on any atom is 0.270 e. The smallest absolute Gasteiger partial charge is 0.270 e. The van der Waals surface area contributed by atoms with Crippen LogP contribution >= 0.6 is 23.0 Å². The lowest BCUT2D eigenvalue weighted by Gasteiger charge is -1.99. The Morgan fingerprint density at radius 1 is 1.54 bits per heavy atom. The number of hydrogen-bond donors (Lipinski definition) is 0. The molecule has 0 spiro atoms. The first-order valence-electron chi connectivity index (χ1n) is 3.21. The van der Waals surface area contributed by atoms with Gasteiger partial charge < -0.3 is 3.07 Å². The third-order valence-electron chi connectivity index (χ3n) is 1.41. The normalized spacial score (nSPS) is 9.31. The van der Waals surface area contributed by atoms with Crippen LogP contribution in [-0.4, -0.2) is 11.2 Å². The number of rotatable bonds is 3. The molecule has 0 aliphatic heterocycles. The molecule has 68 valence electrons. The van der Waals surface area contributed by atoms with Gasteiger partial charge in [-0.2, -0.15) is 0 Å². The summed E-state index contributed by atoms with van der Waals surface area (Å²) in [5.41, 5.74) is 0.0444. The summed E-state index contributed by atoms with van der Waals surface area (Å²) in [6.45, 7) is 0. The van der Waals surface area contributed by atoms with E-state index in [1.54, 1.807) is 23.0 Å². The summed E-state index contributed by atoms with van der Waals surface area (Å²) >= 11 is 1.60. The zero-order valence-corrected chi connectivity index (χ0v) is 8.43. The standard InChI is InChI=1S/C7H4INO4/c8-13-7-2-1-6(9(11)12)3-5(7)4-10/h1-4H. The van der Waals surface area contributed by atoms with Gasteiger partial charge in [0.05, 0.1) is 10.5 Å². The Bertz CT molecular complexity index is 352. The molecule has 1 rings (SSSR count). The molecule has 0 radical (unpaired) electrons. The minimum absolute atomic E-state index is 0.126. The average molecular weight is 293 g/mol. The minimum atomic E-state index is -0.566. The predicted molar refractivity (Wildman–Crippen MR) is 53.1 cm³/mol. The molecule has 0 N–H and O–H groups in total. The van der Waals surface area contributed by atoms with Crippen molar-refractivity contribution in [2.24, 2.45) is 0 Å². The van der Waals surface area contributed by atoms with Crippen molar-refractivity contribution >= 4 is 35.0 Å². The maximum atomic E-state index is 10.5. The summed E-state index contributed by atoms with van der Waals surface area (Å²) in [5, 5.41) is 10.3. The fraction of sp³-hybridized carbons (Fsp3) is 0. The number of nitro groups is 1. The van der Waals surface area contributed by atoms with Crippen LogP contribution in [0.3, 0.4) is 0 Å². The van der Waals surface area contributed by atoms with E-state index in [-0.39, 0.29) is 11.3 Å². The van der Waals surface area contributed by atoms with Crippen molar-refractivity contribution in [3.05, 3.63) is 33.9 Å². The van der Waals surface area contributed by atoms with Gasteiger partial charge in [-0.1, -0.05) is 0 Å². The second-order valence-corrected chi connectivity index (χ2v) is 2.61. The highest BCUT2D eigenvalue weighted by atomic mass is 127. The van der Waals surface area contributed by atoms with E-state index in [0.29, 0.717) is 12.0 Å².